The Hall–Kier alpha value is -2.07. The fourth-order valence-electron chi connectivity index (χ4n) is 2.21. The number of aromatic amines is 1. The number of pyridine rings is 1. The molecule has 0 fully saturated rings. The molecule has 0 aliphatic carbocycles. The summed E-state index contributed by atoms with van der Waals surface area (Å²) in [5.74, 6) is 0.849. The Labute approximate surface area is 104 Å². The van der Waals surface area contributed by atoms with E-state index in [1.165, 1.54) is 0 Å². The Kier molecular flexibility index (Phi) is 2.45. The molecular formula is C14H14N2O2. The van der Waals surface area contributed by atoms with E-state index in [0.717, 1.165) is 16.5 Å². The third-order valence-electron chi connectivity index (χ3n) is 2.94. The lowest BCUT2D eigenvalue weighted by Crippen LogP contribution is -2.09. The summed E-state index contributed by atoms with van der Waals surface area (Å²) >= 11 is 0. The number of nitrogens with one attached hydrogen (secondary N) is 1. The molecule has 0 saturated carbocycles. The summed E-state index contributed by atoms with van der Waals surface area (Å²) in [5.41, 5.74) is 0.444. The van der Waals surface area contributed by atoms with Crippen LogP contribution in [0.15, 0.2) is 39.5 Å². The van der Waals surface area contributed by atoms with Crippen LogP contribution in [0.25, 0.3) is 21.9 Å². The second-order valence-corrected chi connectivity index (χ2v) is 4.69. The van der Waals surface area contributed by atoms with Crippen molar-refractivity contribution in [1.82, 2.24) is 9.88 Å². The van der Waals surface area contributed by atoms with Crippen molar-refractivity contribution in [2.75, 3.05) is 14.1 Å². The molecule has 1 N–H and O–H groups in total. The van der Waals surface area contributed by atoms with Gasteiger partial charge in [0, 0.05) is 10.8 Å². The molecule has 2 aromatic heterocycles. The Balaban J connectivity index is 2.33. The fourth-order valence-corrected chi connectivity index (χ4v) is 2.21. The first-order valence-corrected chi connectivity index (χ1v) is 5.83. The van der Waals surface area contributed by atoms with Gasteiger partial charge in [0.1, 0.15) is 5.76 Å². The van der Waals surface area contributed by atoms with Crippen LogP contribution in [0.5, 0.6) is 0 Å². The predicted molar refractivity (Wildman–Crippen MR) is 71.7 cm³/mol. The van der Waals surface area contributed by atoms with Crippen molar-refractivity contribution in [2.24, 2.45) is 0 Å². The van der Waals surface area contributed by atoms with E-state index in [-0.39, 0.29) is 5.56 Å². The standard InChI is InChI=1S/C14H14N2O2/c1-16(2)8-9-7-12-10-5-3-4-6-11(10)13(17)15-14(12)18-9/h3-7H,8H2,1-2H3,(H,15,17). The van der Waals surface area contributed by atoms with E-state index >= 15 is 0 Å². The van der Waals surface area contributed by atoms with Crippen molar-refractivity contribution in [1.29, 1.82) is 0 Å². The fraction of sp³-hybridized carbons (Fsp3) is 0.214. The van der Waals surface area contributed by atoms with Crippen molar-refractivity contribution in [2.45, 2.75) is 6.54 Å². The summed E-state index contributed by atoms with van der Waals surface area (Å²) in [5, 5.41) is 2.59. The van der Waals surface area contributed by atoms with Crippen LogP contribution in [0.1, 0.15) is 5.76 Å². The number of benzene rings is 1. The van der Waals surface area contributed by atoms with Crippen LogP contribution < -0.4 is 5.56 Å². The number of H-pyrrole nitrogens is 1. The highest BCUT2D eigenvalue weighted by Crippen LogP contribution is 2.24. The normalized spacial score (nSPS) is 11.7. The van der Waals surface area contributed by atoms with Gasteiger partial charge in [-0.3, -0.25) is 9.78 Å². The van der Waals surface area contributed by atoms with Crippen LogP contribution in [0.2, 0.25) is 0 Å². The van der Waals surface area contributed by atoms with Gasteiger partial charge in [0.25, 0.3) is 5.56 Å². The third kappa shape index (κ3) is 1.71. The van der Waals surface area contributed by atoms with Gasteiger partial charge in [0.2, 0.25) is 5.71 Å². The van der Waals surface area contributed by atoms with Gasteiger partial charge in [-0.15, -0.1) is 0 Å². The summed E-state index contributed by atoms with van der Waals surface area (Å²) in [6, 6.07) is 9.56. The molecule has 0 atom stereocenters. The zero-order valence-electron chi connectivity index (χ0n) is 10.4. The van der Waals surface area contributed by atoms with E-state index in [1.807, 2.05) is 49.3 Å². The van der Waals surface area contributed by atoms with Gasteiger partial charge in [-0.1, -0.05) is 18.2 Å². The number of hydrogen-bond donors (Lipinski definition) is 1. The van der Waals surface area contributed by atoms with E-state index in [9.17, 15) is 4.79 Å². The molecule has 18 heavy (non-hydrogen) atoms. The molecule has 0 bridgehead atoms. The minimum Gasteiger partial charge on any atom is -0.443 e. The number of hydrogen-bond acceptors (Lipinski definition) is 3. The van der Waals surface area contributed by atoms with Crippen LogP contribution in [0.3, 0.4) is 0 Å². The van der Waals surface area contributed by atoms with E-state index < -0.39 is 0 Å². The van der Waals surface area contributed by atoms with Crippen LogP contribution in [0.4, 0.5) is 0 Å². The summed E-state index contributed by atoms with van der Waals surface area (Å²) in [6.45, 7) is 0.713. The monoisotopic (exact) mass is 242 g/mol. The van der Waals surface area contributed by atoms with E-state index in [0.29, 0.717) is 17.6 Å². The van der Waals surface area contributed by atoms with Gasteiger partial charge in [0.15, 0.2) is 0 Å². The van der Waals surface area contributed by atoms with Crippen LogP contribution in [-0.4, -0.2) is 24.0 Å². The first-order chi connectivity index (χ1) is 8.65. The van der Waals surface area contributed by atoms with Gasteiger partial charge in [-0.25, -0.2) is 0 Å². The molecule has 1 aromatic carbocycles. The van der Waals surface area contributed by atoms with Gasteiger partial charge in [-0.05, 0) is 31.6 Å². The maximum Gasteiger partial charge on any atom is 0.258 e. The predicted octanol–water partition coefficient (Wildman–Crippen LogP) is 2.34. The molecule has 2 heterocycles. The van der Waals surface area contributed by atoms with Crippen molar-refractivity contribution >= 4 is 21.9 Å². The molecule has 0 saturated heterocycles. The van der Waals surface area contributed by atoms with Gasteiger partial charge < -0.3 is 9.32 Å². The SMILES string of the molecule is CN(C)Cc1cc2c([nH]c(=O)c3ccccc32)o1. The number of aromatic nitrogens is 1. The molecule has 0 unspecified atom stereocenters. The average Bonchev–Trinajstić information content (AvgIpc) is 2.71. The number of fused-ring (bicyclic) bond motifs is 3. The molecule has 0 aliphatic rings. The lowest BCUT2D eigenvalue weighted by Gasteiger charge is -2.04. The summed E-state index contributed by atoms with van der Waals surface area (Å²) in [7, 11) is 3.96. The highest BCUT2D eigenvalue weighted by atomic mass is 16.3. The van der Waals surface area contributed by atoms with Gasteiger partial charge in [-0.2, -0.15) is 0 Å². The molecule has 3 aromatic rings. The second kappa shape index (κ2) is 3.99. The minimum atomic E-state index is -0.108. The molecule has 4 nitrogen and oxygen atoms in total. The van der Waals surface area contributed by atoms with Crippen LogP contribution >= 0.6 is 0 Å². The molecule has 0 amide bonds. The molecule has 92 valence electrons. The first-order valence-electron chi connectivity index (χ1n) is 5.83. The number of nitrogens with zero attached hydrogens (tertiary/aromatic N) is 1. The Bertz CT molecular complexity index is 768. The van der Waals surface area contributed by atoms with E-state index in [4.69, 9.17) is 4.42 Å². The zero-order chi connectivity index (χ0) is 12.7. The molecule has 0 aliphatic heterocycles. The zero-order valence-corrected chi connectivity index (χ0v) is 10.4. The van der Waals surface area contributed by atoms with Crippen LogP contribution in [0, 0.1) is 0 Å². The Morgan fingerprint density at radius 2 is 1.89 bits per heavy atom. The largest absolute Gasteiger partial charge is 0.443 e. The maximum atomic E-state index is 11.9. The Morgan fingerprint density at radius 1 is 1.17 bits per heavy atom. The van der Waals surface area contributed by atoms with Gasteiger partial charge in [0.05, 0.1) is 6.54 Å². The summed E-state index contributed by atoms with van der Waals surface area (Å²) in [6.07, 6.45) is 0. The highest BCUT2D eigenvalue weighted by Gasteiger charge is 2.10. The molecular weight excluding hydrogens is 228 g/mol. The van der Waals surface area contributed by atoms with E-state index in [2.05, 4.69) is 4.98 Å². The molecule has 3 rings (SSSR count). The van der Waals surface area contributed by atoms with Crippen molar-refractivity contribution < 1.29 is 4.42 Å². The van der Waals surface area contributed by atoms with Crippen molar-refractivity contribution in [3.8, 4) is 0 Å². The first kappa shape index (κ1) is 11.0. The third-order valence-corrected chi connectivity index (χ3v) is 2.94. The second-order valence-electron chi connectivity index (χ2n) is 4.69. The van der Waals surface area contributed by atoms with E-state index in [1.54, 1.807) is 0 Å². The molecule has 0 spiro atoms. The molecule has 4 heteroatoms. The quantitative estimate of drug-likeness (QED) is 0.750. The van der Waals surface area contributed by atoms with Crippen molar-refractivity contribution in [3.05, 3.63) is 46.4 Å². The topological polar surface area (TPSA) is 49.2 Å². The molecule has 0 radical (unpaired) electrons. The number of furan rings is 1. The number of rotatable bonds is 2. The van der Waals surface area contributed by atoms with Crippen molar-refractivity contribution in [3.63, 3.8) is 0 Å². The average molecular weight is 242 g/mol. The highest BCUT2D eigenvalue weighted by molar-refractivity contribution is 6.03. The lowest BCUT2D eigenvalue weighted by atomic mass is 10.1. The van der Waals surface area contributed by atoms with Crippen LogP contribution in [-0.2, 0) is 6.54 Å². The summed E-state index contributed by atoms with van der Waals surface area (Å²) < 4.78 is 5.67. The summed E-state index contributed by atoms with van der Waals surface area (Å²) in [4.78, 5) is 16.7. The minimum absolute atomic E-state index is 0.108. The smallest absolute Gasteiger partial charge is 0.258 e. The Morgan fingerprint density at radius 3 is 2.61 bits per heavy atom. The lowest BCUT2D eigenvalue weighted by molar-refractivity contribution is 0.357. The van der Waals surface area contributed by atoms with Gasteiger partial charge >= 0.3 is 0 Å². The maximum absolute atomic E-state index is 11.9.